The summed E-state index contributed by atoms with van der Waals surface area (Å²) < 4.78 is 5.41. The zero-order valence-corrected chi connectivity index (χ0v) is 11.1. The first-order valence-corrected chi connectivity index (χ1v) is 6.50. The lowest BCUT2D eigenvalue weighted by molar-refractivity contribution is 0.411. The van der Waals surface area contributed by atoms with Crippen LogP contribution in [0.4, 0.5) is 5.69 Å². The van der Waals surface area contributed by atoms with Crippen LogP contribution >= 0.6 is 11.8 Å². The number of anilines is 1. The van der Waals surface area contributed by atoms with Crippen molar-refractivity contribution < 1.29 is 4.74 Å². The van der Waals surface area contributed by atoms with Crippen LogP contribution in [0.2, 0.25) is 0 Å². The van der Waals surface area contributed by atoms with Crippen LogP contribution in [0.5, 0.6) is 5.75 Å². The van der Waals surface area contributed by atoms with E-state index in [9.17, 15) is 0 Å². The van der Waals surface area contributed by atoms with Crippen molar-refractivity contribution in [1.82, 2.24) is 0 Å². The summed E-state index contributed by atoms with van der Waals surface area (Å²) in [4.78, 5) is 3.41. The minimum absolute atomic E-state index is 0.324. The minimum Gasteiger partial charge on any atom is -0.495 e. The Bertz CT molecular complexity index is 455. The molecule has 1 aromatic carbocycles. The average Bonchev–Trinajstić information content (AvgIpc) is 2.35. The van der Waals surface area contributed by atoms with E-state index in [0.29, 0.717) is 17.7 Å². The van der Waals surface area contributed by atoms with Crippen LogP contribution < -0.4 is 9.64 Å². The van der Waals surface area contributed by atoms with Gasteiger partial charge in [-0.15, -0.1) is 11.8 Å². The maximum absolute atomic E-state index is 8.86. The van der Waals surface area contributed by atoms with E-state index in [1.54, 1.807) is 18.9 Å². The Morgan fingerprint density at radius 3 is 2.94 bits per heavy atom. The van der Waals surface area contributed by atoms with Gasteiger partial charge in [-0.1, -0.05) is 6.07 Å². The van der Waals surface area contributed by atoms with Crippen molar-refractivity contribution in [2.45, 2.75) is 29.5 Å². The third kappa shape index (κ3) is 2.07. The quantitative estimate of drug-likeness (QED) is 0.806. The Morgan fingerprint density at radius 1 is 1.53 bits per heavy atom. The molecule has 1 heterocycles. The fourth-order valence-electron chi connectivity index (χ4n) is 2.13. The van der Waals surface area contributed by atoms with E-state index >= 15 is 0 Å². The summed E-state index contributed by atoms with van der Waals surface area (Å²) >= 11 is 1.78. The van der Waals surface area contributed by atoms with E-state index in [1.807, 2.05) is 12.1 Å². The zero-order valence-electron chi connectivity index (χ0n) is 10.3. The summed E-state index contributed by atoms with van der Waals surface area (Å²) in [5, 5.41) is 9.19. The molecule has 2 unspecified atom stereocenters. The Balaban J connectivity index is 2.42. The van der Waals surface area contributed by atoms with Crippen LogP contribution in [0, 0.1) is 11.3 Å². The van der Waals surface area contributed by atoms with Gasteiger partial charge in [-0.25, -0.2) is 0 Å². The molecule has 4 heteroatoms. The van der Waals surface area contributed by atoms with Crippen molar-refractivity contribution >= 4 is 17.4 Å². The number of ether oxygens (including phenoxy) is 1. The van der Waals surface area contributed by atoms with Crippen molar-refractivity contribution in [3.63, 3.8) is 0 Å². The van der Waals surface area contributed by atoms with Gasteiger partial charge in [0.2, 0.25) is 0 Å². The first kappa shape index (κ1) is 12.1. The second kappa shape index (κ2) is 4.89. The van der Waals surface area contributed by atoms with Gasteiger partial charge in [0.15, 0.2) is 0 Å². The topological polar surface area (TPSA) is 36.3 Å². The molecule has 0 saturated carbocycles. The standard InChI is InChI=1S/C13H16N2OS/c1-9-11(7-8-14)17-12-6-4-5-10(16-3)13(12)15(9)2/h4-6,9,11H,7H2,1-3H3. The first-order chi connectivity index (χ1) is 8.19. The van der Waals surface area contributed by atoms with Crippen molar-refractivity contribution in [3.8, 4) is 11.8 Å². The number of thioether (sulfide) groups is 1. The molecule has 2 atom stereocenters. The average molecular weight is 248 g/mol. The molecule has 90 valence electrons. The van der Waals surface area contributed by atoms with Gasteiger partial charge in [0.1, 0.15) is 5.75 Å². The Kier molecular flexibility index (Phi) is 3.49. The maximum Gasteiger partial charge on any atom is 0.143 e. The lowest BCUT2D eigenvalue weighted by atomic mass is 10.1. The number of methoxy groups -OCH3 is 1. The fourth-order valence-corrected chi connectivity index (χ4v) is 3.50. The van der Waals surface area contributed by atoms with Crippen LogP contribution in [0.15, 0.2) is 23.1 Å². The summed E-state index contributed by atoms with van der Waals surface area (Å²) in [6.45, 7) is 2.16. The molecule has 1 aliphatic heterocycles. The SMILES string of the molecule is COc1cccc2c1N(C)C(C)C(CC#N)S2. The van der Waals surface area contributed by atoms with Crippen LogP contribution in [0.25, 0.3) is 0 Å². The molecule has 0 bridgehead atoms. The summed E-state index contributed by atoms with van der Waals surface area (Å²) in [7, 11) is 3.76. The summed E-state index contributed by atoms with van der Waals surface area (Å²) in [6, 6.07) is 8.68. The van der Waals surface area contributed by atoms with Crippen LogP contribution in [0.1, 0.15) is 13.3 Å². The third-order valence-electron chi connectivity index (χ3n) is 3.25. The normalized spacial score (nSPS) is 22.8. The number of para-hydroxylation sites is 1. The molecule has 1 aromatic rings. The van der Waals surface area contributed by atoms with Crippen LogP contribution in [0.3, 0.4) is 0 Å². The number of hydrogen-bond acceptors (Lipinski definition) is 4. The predicted molar refractivity (Wildman–Crippen MR) is 70.7 cm³/mol. The second-order valence-corrected chi connectivity index (χ2v) is 5.46. The smallest absolute Gasteiger partial charge is 0.143 e. The molecule has 0 amide bonds. The van der Waals surface area contributed by atoms with E-state index in [2.05, 4.69) is 31.0 Å². The number of nitriles is 1. The Labute approximate surface area is 106 Å². The fraction of sp³-hybridized carbons (Fsp3) is 0.462. The van der Waals surface area contributed by atoms with E-state index in [0.717, 1.165) is 11.4 Å². The molecule has 0 spiro atoms. The van der Waals surface area contributed by atoms with Crippen molar-refractivity contribution in [2.24, 2.45) is 0 Å². The first-order valence-electron chi connectivity index (χ1n) is 5.62. The van der Waals surface area contributed by atoms with E-state index in [1.165, 1.54) is 4.90 Å². The van der Waals surface area contributed by atoms with Crippen molar-refractivity contribution in [1.29, 1.82) is 5.26 Å². The summed E-state index contributed by atoms with van der Waals surface area (Å²) in [5.41, 5.74) is 1.14. The number of hydrogen-bond donors (Lipinski definition) is 0. The zero-order chi connectivity index (χ0) is 12.4. The lowest BCUT2D eigenvalue weighted by Crippen LogP contribution is -2.40. The van der Waals surface area contributed by atoms with Crippen molar-refractivity contribution in [3.05, 3.63) is 18.2 Å². The molecule has 0 saturated heterocycles. The molecule has 0 aliphatic carbocycles. The molecule has 0 aromatic heterocycles. The lowest BCUT2D eigenvalue weighted by Gasteiger charge is -2.39. The highest BCUT2D eigenvalue weighted by Gasteiger charge is 2.31. The molecular formula is C13H16N2OS. The van der Waals surface area contributed by atoms with Gasteiger partial charge in [0.25, 0.3) is 0 Å². The van der Waals surface area contributed by atoms with E-state index in [-0.39, 0.29) is 0 Å². The Hall–Kier alpha value is -1.34. The number of fused-ring (bicyclic) bond motifs is 1. The molecule has 17 heavy (non-hydrogen) atoms. The molecule has 1 aliphatic rings. The van der Waals surface area contributed by atoms with Gasteiger partial charge in [0, 0.05) is 29.7 Å². The van der Waals surface area contributed by atoms with Crippen LogP contribution in [-0.4, -0.2) is 25.4 Å². The largest absolute Gasteiger partial charge is 0.495 e. The van der Waals surface area contributed by atoms with Gasteiger partial charge in [-0.3, -0.25) is 0 Å². The molecule has 3 nitrogen and oxygen atoms in total. The van der Waals surface area contributed by atoms with Gasteiger partial charge >= 0.3 is 0 Å². The summed E-state index contributed by atoms with van der Waals surface area (Å²) in [6.07, 6.45) is 0.576. The van der Waals surface area contributed by atoms with Crippen LogP contribution in [-0.2, 0) is 0 Å². The van der Waals surface area contributed by atoms with Crippen molar-refractivity contribution in [2.75, 3.05) is 19.1 Å². The van der Waals surface area contributed by atoms with E-state index in [4.69, 9.17) is 10.00 Å². The molecule has 0 radical (unpaired) electrons. The van der Waals surface area contributed by atoms with Gasteiger partial charge < -0.3 is 9.64 Å². The highest BCUT2D eigenvalue weighted by molar-refractivity contribution is 8.00. The Morgan fingerprint density at radius 2 is 2.29 bits per heavy atom. The summed E-state index contributed by atoms with van der Waals surface area (Å²) in [5.74, 6) is 0.903. The number of benzene rings is 1. The highest BCUT2D eigenvalue weighted by atomic mass is 32.2. The molecule has 0 fully saturated rings. The number of nitrogens with zero attached hydrogens (tertiary/aromatic N) is 2. The highest BCUT2D eigenvalue weighted by Crippen LogP contribution is 2.46. The third-order valence-corrected chi connectivity index (χ3v) is 4.70. The predicted octanol–water partition coefficient (Wildman–Crippen LogP) is 2.91. The van der Waals surface area contributed by atoms with Gasteiger partial charge in [0.05, 0.1) is 18.9 Å². The minimum atomic E-state index is 0.324. The number of rotatable bonds is 2. The molecular weight excluding hydrogens is 232 g/mol. The van der Waals surface area contributed by atoms with Gasteiger partial charge in [-0.2, -0.15) is 5.26 Å². The van der Waals surface area contributed by atoms with Gasteiger partial charge in [-0.05, 0) is 19.1 Å². The second-order valence-electron chi connectivity index (χ2n) is 4.18. The van der Waals surface area contributed by atoms with E-state index < -0.39 is 0 Å². The molecule has 2 rings (SSSR count). The monoisotopic (exact) mass is 248 g/mol. The molecule has 0 N–H and O–H groups in total. The maximum atomic E-state index is 8.86.